The van der Waals surface area contributed by atoms with Gasteiger partial charge in [-0.2, -0.15) is 0 Å². The zero-order valence-corrected chi connectivity index (χ0v) is 11.4. The fourth-order valence-electron chi connectivity index (χ4n) is 2.00. The SMILES string of the molecule is CC1SC(c2ccccc2)N(c2nccs2)C1=O. The first-order valence-electron chi connectivity index (χ1n) is 5.70. The molecule has 2 atom stereocenters. The molecule has 0 N–H and O–H groups in total. The third-order valence-electron chi connectivity index (χ3n) is 2.86. The molecule has 1 aliphatic rings. The molecule has 92 valence electrons. The standard InChI is InChI=1S/C13H12N2OS2/c1-9-11(16)15(13-14-7-8-17-13)12(18-9)10-5-3-2-4-6-10/h2-9,12H,1H3. The lowest BCUT2D eigenvalue weighted by molar-refractivity contribution is -0.117. The number of carbonyl (C=O) groups is 1. The Kier molecular flexibility index (Phi) is 3.09. The minimum absolute atomic E-state index is 0.0147. The Morgan fingerprint density at radius 2 is 2.06 bits per heavy atom. The number of hydrogen-bond acceptors (Lipinski definition) is 4. The molecule has 2 unspecified atom stereocenters. The molecule has 0 aliphatic carbocycles. The van der Waals surface area contributed by atoms with Crippen LogP contribution >= 0.6 is 23.1 Å². The van der Waals surface area contributed by atoms with Crippen molar-refractivity contribution in [2.45, 2.75) is 17.5 Å². The molecule has 2 aromatic rings. The van der Waals surface area contributed by atoms with E-state index in [4.69, 9.17) is 0 Å². The Morgan fingerprint density at radius 3 is 2.72 bits per heavy atom. The average molecular weight is 276 g/mol. The third kappa shape index (κ3) is 1.93. The van der Waals surface area contributed by atoms with E-state index < -0.39 is 0 Å². The summed E-state index contributed by atoms with van der Waals surface area (Å²) in [6, 6.07) is 10.1. The second-order valence-corrected chi connectivity index (χ2v) is 6.36. The number of anilines is 1. The van der Waals surface area contributed by atoms with Gasteiger partial charge in [-0.15, -0.1) is 23.1 Å². The number of nitrogens with zero attached hydrogens (tertiary/aromatic N) is 2. The Labute approximate surface area is 114 Å². The molecule has 3 nitrogen and oxygen atoms in total. The highest BCUT2D eigenvalue weighted by atomic mass is 32.2. The number of carbonyl (C=O) groups excluding carboxylic acids is 1. The van der Waals surface area contributed by atoms with E-state index in [1.54, 1.807) is 18.0 Å². The molecule has 1 aliphatic heterocycles. The first-order chi connectivity index (χ1) is 8.77. The quantitative estimate of drug-likeness (QED) is 0.843. The molecule has 0 saturated carbocycles. The van der Waals surface area contributed by atoms with Crippen LogP contribution in [0.2, 0.25) is 0 Å². The van der Waals surface area contributed by atoms with Crippen molar-refractivity contribution < 1.29 is 4.79 Å². The van der Waals surface area contributed by atoms with Crippen molar-refractivity contribution in [2.24, 2.45) is 0 Å². The first-order valence-corrected chi connectivity index (χ1v) is 7.52. The summed E-state index contributed by atoms with van der Waals surface area (Å²) < 4.78 is 0. The van der Waals surface area contributed by atoms with Gasteiger partial charge in [0.1, 0.15) is 5.37 Å². The average Bonchev–Trinajstić information content (AvgIpc) is 3.00. The molecule has 0 radical (unpaired) electrons. The maximum absolute atomic E-state index is 12.3. The second kappa shape index (κ2) is 4.74. The maximum atomic E-state index is 12.3. The van der Waals surface area contributed by atoms with E-state index >= 15 is 0 Å². The first kappa shape index (κ1) is 11.7. The number of hydrogen-bond donors (Lipinski definition) is 0. The molecule has 0 spiro atoms. The highest BCUT2D eigenvalue weighted by molar-refractivity contribution is 8.01. The summed E-state index contributed by atoms with van der Waals surface area (Å²) in [6.45, 7) is 1.95. The molecule has 1 aromatic heterocycles. The van der Waals surface area contributed by atoms with Gasteiger partial charge in [-0.05, 0) is 12.5 Å². The Morgan fingerprint density at radius 1 is 1.28 bits per heavy atom. The second-order valence-electron chi connectivity index (χ2n) is 4.06. The molecular weight excluding hydrogens is 264 g/mol. The van der Waals surface area contributed by atoms with E-state index in [-0.39, 0.29) is 16.5 Å². The van der Waals surface area contributed by atoms with Crippen molar-refractivity contribution in [3.63, 3.8) is 0 Å². The van der Waals surface area contributed by atoms with Crippen LogP contribution in [0.5, 0.6) is 0 Å². The van der Waals surface area contributed by atoms with Crippen LogP contribution in [0.25, 0.3) is 0 Å². The minimum atomic E-state index is -0.0147. The number of thioether (sulfide) groups is 1. The van der Waals surface area contributed by atoms with Gasteiger partial charge >= 0.3 is 0 Å². The van der Waals surface area contributed by atoms with Gasteiger partial charge in [-0.3, -0.25) is 9.69 Å². The van der Waals surface area contributed by atoms with Crippen LogP contribution in [0.4, 0.5) is 5.13 Å². The largest absolute Gasteiger partial charge is 0.273 e. The normalized spacial score (nSPS) is 23.6. The third-order valence-corrected chi connectivity index (χ3v) is 4.98. The van der Waals surface area contributed by atoms with Gasteiger partial charge in [0.2, 0.25) is 5.91 Å². The van der Waals surface area contributed by atoms with Crippen LogP contribution < -0.4 is 4.90 Å². The van der Waals surface area contributed by atoms with Gasteiger partial charge in [0, 0.05) is 11.6 Å². The molecule has 1 aromatic carbocycles. The number of amides is 1. The molecule has 5 heteroatoms. The van der Waals surface area contributed by atoms with Crippen LogP contribution in [0, 0.1) is 0 Å². The van der Waals surface area contributed by atoms with Crippen molar-refractivity contribution in [1.29, 1.82) is 0 Å². The summed E-state index contributed by atoms with van der Waals surface area (Å²) in [5.41, 5.74) is 1.15. The monoisotopic (exact) mass is 276 g/mol. The topological polar surface area (TPSA) is 33.2 Å². The van der Waals surface area contributed by atoms with Gasteiger partial charge in [-0.1, -0.05) is 30.3 Å². The highest BCUT2D eigenvalue weighted by Gasteiger charge is 2.40. The Hall–Kier alpha value is -1.33. The fraction of sp³-hybridized carbons (Fsp3) is 0.231. The van der Waals surface area contributed by atoms with Gasteiger partial charge in [0.25, 0.3) is 0 Å². The smallest absolute Gasteiger partial charge is 0.242 e. The maximum Gasteiger partial charge on any atom is 0.242 e. The lowest BCUT2D eigenvalue weighted by atomic mass is 10.2. The van der Waals surface area contributed by atoms with Crippen molar-refractivity contribution in [1.82, 2.24) is 4.98 Å². The van der Waals surface area contributed by atoms with E-state index in [1.807, 2.05) is 35.4 Å². The summed E-state index contributed by atoms with van der Waals surface area (Å²) >= 11 is 3.18. The zero-order valence-electron chi connectivity index (χ0n) is 9.82. The Bertz CT molecular complexity index is 541. The lowest BCUT2D eigenvalue weighted by Gasteiger charge is -2.21. The minimum Gasteiger partial charge on any atom is -0.273 e. The van der Waals surface area contributed by atoms with Crippen LogP contribution in [0.15, 0.2) is 41.9 Å². The number of rotatable bonds is 2. The molecule has 1 amide bonds. The van der Waals surface area contributed by atoms with Crippen molar-refractivity contribution in [3.8, 4) is 0 Å². The summed E-state index contributed by atoms with van der Waals surface area (Å²) in [4.78, 5) is 18.3. The van der Waals surface area contributed by atoms with Crippen molar-refractivity contribution >= 4 is 34.1 Å². The van der Waals surface area contributed by atoms with Gasteiger partial charge < -0.3 is 0 Å². The molecule has 1 saturated heterocycles. The summed E-state index contributed by atoms with van der Waals surface area (Å²) in [6.07, 6.45) is 1.74. The lowest BCUT2D eigenvalue weighted by Crippen LogP contribution is -2.29. The molecule has 0 bridgehead atoms. The van der Waals surface area contributed by atoms with Crippen molar-refractivity contribution in [3.05, 3.63) is 47.5 Å². The predicted molar refractivity (Wildman–Crippen MR) is 75.8 cm³/mol. The van der Waals surface area contributed by atoms with E-state index in [0.29, 0.717) is 0 Å². The Balaban J connectivity index is 2.01. The highest BCUT2D eigenvalue weighted by Crippen LogP contribution is 2.45. The van der Waals surface area contributed by atoms with Crippen LogP contribution in [0.3, 0.4) is 0 Å². The van der Waals surface area contributed by atoms with E-state index in [2.05, 4.69) is 17.1 Å². The van der Waals surface area contributed by atoms with Crippen LogP contribution in [-0.2, 0) is 4.79 Å². The number of benzene rings is 1. The van der Waals surface area contributed by atoms with Gasteiger partial charge in [0.15, 0.2) is 5.13 Å². The molecule has 18 heavy (non-hydrogen) atoms. The molecule has 2 heterocycles. The van der Waals surface area contributed by atoms with E-state index in [9.17, 15) is 4.79 Å². The fourth-order valence-corrected chi connectivity index (χ4v) is 4.00. The predicted octanol–water partition coefficient (Wildman–Crippen LogP) is 3.31. The summed E-state index contributed by atoms with van der Waals surface area (Å²) in [5.74, 6) is 0.142. The zero-order chi connectivity index (χ0) is 12.5. The van der Waals surface area contributed by atoms with Gasteiger partial charge in [-0.25, -0.2) is 4.98 Å². The molecular formula is C13H12N2OS2. The van der Waals surface area contributed by atoms with Crippen LogP contribution in [-0.4, -0.2) is 16.1 Å². The molecule has 3 rings (SSSR count). The molecule has 1 fully saturated rings. The summed E-state index contributed by atoms with van der Waals surface area (Å²) in [7, 11) is 0. The van der Waals surface area contributed by atoms with Crippen LogP contribution in [0.1, 0.15) is 17.9 Å². The van der Waals surface area contributed by atoms with Gasteiger partial charge in [0.05, 0.1) is 5.25 Å². The number of aromatic nitrogens is 1. The number of thiazole rings is 1. The van der Waals surface area contributed by atoms with E-state index in [0.717, 1.165) is 10.7 Å². The summed E-state index contributed by atoms with van der Waals surface area (Å²) in [5, 5.41) is 2.71. The van der Waals surface area contributed by atoms with E-state index in [1.165, 1.54) is 11.3 Å². The van der Waals surface area contributed by atoms with Crippen molar-refractivity contribution in [2.75, 3.05) is 4.90 Å².